The average Bonchev–Trinajstić information content (AvgIpc) is 2.70. The Morgan fingerprint density at radius 3 is 3.00 bits per heavy atom. The molecule has 0 radical (unpaired) electrons. The second kappa shape index (κ2) is 7.67. The van der Waals surface area contributed by atoms with E-state index in [4.69, 9.17) is 4.74 Å². The van der Waals surface area contributed by atoms with Crippen LogP contribution in [0.25, 0.3) is 0 Å². The van der Waals surface area contributed by atoms with Crippen molar-refractivity contribution in [3.8, 4) is 5.75 Å². The summed E-state index contributed by atoms with van der Waals surface area (Å²) >= 11 is 0. The molecule has 5 heteroatoms. The third kappa shape index (κ3) is 4.48. The highest BCUT2D eigenvalue weighted by Crippen LogP contribution is 2.18. The van der Waals surface area contributed by atoms with E-state index in [1.807, 2.05) is 31.2 Å². The Kier molecular flexibility index (Phi) is 5.60. The van der Waals surface area contributed by atoms with E-state index < -0.39 is 6.04 Å². The molecule has 5 nitrogen and oxygen atoms in total. The quantitative estimate of drug-likeness (QED) is 0.861. The van der Waals surface area contributed by atoms with Gasteiger partial charge in [0, 0.05) is 6.54 Å². The molecule has 1 fully saturated rings. The zero-order valence-electron chi connectivity index (χ0n) is 12.4. The molecule has 0 bridgehead atoms. The first-order valence-corrected chi connectivity index (χ1v) is 7.48. The van der Waals surface area contributed by atoms with Crippen molar-refractivity contribution in [2.75, 3.05) is 13.2 Å². The van der Waals surface area contributed by atoms with Crippen molar-refractivity contribution in [3.63, 3.8) is 0 Å². The summed E-state index contributed by atoms with van der Waals surface area (Å²) in [6.45, 7) is 2.66. The van der Waals surface area contributed by atoms with Gasteiger partial charge in [0.1, 0.15) is 11.8 Å². The van der Waals surface area contributed by atoms with Crippen LogP contribution in [0.15, 0.2) is 24.3 Å². The van der Waals surface area contributed by atoms with Gasteiger partial charge in [-0.25, -0.2) is 0 Å². The predicted molar refractivity (Wildman–Crippen MR) is 80.1 cm³/mol. The fourth-order valence-corrected chi connectivity index (χ4v) is 2.39. The fraction of sp³-hybridized carbons (Fsp3) is 0.500. The maximum Gasteiger partial charge on any atom is 0.258 e. The van der Waals surface area contributed by atoms with Gasteiger partial charge in [-0.2, -0.15) is 0 Å². The Morgan fingerprint density at radius 2 is 2.19 bits per heavy atom. The molecule has 1 heterocycles. The number of nitrogens with one attached hydrogen (secondary N) is 2. The van der Waals surface area contributed by atoms with Crippen molar-refractivity contribution in [2.24, 2.45) is 0 Å². The zero-order chi connectivity index (χ0) is 15.1. The maximum atomic E-state index is 11.9. The van der Waals surface area contributed by atoms with E-state index in [0.29, 0.717) is 13.0 Å². The maximum absolute atomic E-state index is 11.9. The highest BCUT2D eigenvalue weighted by molar-refractivity contribution is 5.88. The van der Waals surface area contributed by atoms with Gasteiger partial charge in [0.2, 0.25) is 5.91 Å². The van der Waals surface area contributed by atoms with Crippen molar-refractivity contribution >= 4 is 11.8 Å². The van der Waals surface area contributed by atoms with Gasteiger partial charge in [0.25, 0.3) is 5.91 Å². The SMILES string of the molecule is CCc1ccccc1OCC(=O)NC1CCCCNC1=O. The number of carbonyl (C=O) groups is 2. The first-order valence-electron chi connectivity index (χ1n) is 7.48. The Labute approximate surface area is 125 Å². The molecule has 2 amide bonds. The minimum Gasteiger partial charge on any atom is -0.483 e. The zero-order valence-corrected chi connectivity index (χ0v) is 12.4. The summed E-state index contributed by atoms with van der Waals surface area (Å²) in [7, 11) is 0. The molecule has 0 aromatic heterocycles. The summed E-state index contributed by atoms with van der Waals surface area (Å²) in [5.41, 5.74) is 1.07. The molecule has 2 N–H and O–H groups in total. The first kappa shape index (κ1) is 15.4. The molecule has 2 rings (SSSR count). The van der Waals surface area contributed by atoms with E-state index in [1.54, 1.807) is 0 Å². The van der Waals surface area contributed by atoms with Gasteiger partial charge in [-0.05, 0) is 37.3 Å². The smallest absolute Gasteiger partial charge is 0.258 e. The molecule has 0 aliphatic carbocycles. The van der Waals surface area contributed by atoms with Gasteiger partial charge >= 0.3 is 0 Å². The van der Waals surface area contributed by atoms with Crippen LogP contribution in [-0.4, -0.2) is 31.0 Å². The fourth-order valence-electron chi connectivity index (χ4n) is 2.39. The Morgan fingerprint density at radius 1 is 1.38 bits per heavy atom. The van der Waals surface area contributed by atoms with Crippen LogP contribution < -0.4 is 15.4 Å². The van der Waals surface area contributed by atoms with Gasteiger partial charge in [-0.15, -0.1) is 0 Å². The van der Waals surface area contributed by atoms with Crippen LogP contribution in [0, 0.1) is 0 Å². The highest BCUT2D eigenvalue weighted by Gasteiger charge is 2.22. The van der Waals surface area contributed by atoms with Crippen molar-refractivity contribution in [1.82, 2.24) is 10.6 Å². The lowest BCUT2D eigenvalue weighted by Crippen LogP contribution is -2.46. The standard InChI is InChI=1S/C16H22N2O3/c1-2-12-7-3-4-9-14(12)21-11-15(19)18-13-8-5-6-10-17-16(13)20/h3-4,7,9,13H,2,5-6,8,10-11H2,1H3,(H,17,20)(H,18,19). The average molecular weight is 290 g/mol. The highest BCUT2D eigenvalue weighted by atomic mass is 16.5. The number of amides is 2. The minimum absolute atomic E-state index is 0.0687. The molecule has 1 aliphatic rings. The molecule has 1 aliphatic heterocycles. The topological polar surface area (TPSA) is 67.4 Å². The van der Waals surface area contributed by atoms with Crippen molar-refractivity contribution in [2.45, 2.75) is 38.6 Å². The third-order valence-corrected chi connectivity index (χ3v) is 3.58. The monoisotopic (exact) mass is 290 g/mol. The largest absolute Gasteiger partial charge is 0.483 e. The van der Waals surface area contributed by atoms with Crippen molar-refractivity contribution in [1.29, 1.82) is 0 Å². The molecule has 114 valence electrons. The van der Waals surface area contributed by atoms with Crippen molar-refractivity contribution < 1.29 is 14.3 Å². The molecule has 1 atom stereocenters. The van der Waals surface area contributed by atoms with Gasteiger partial charge in [-0.3, -0.25) is 9.59 Å². The van der Waals surface area contributed by atoms with Crippen molar-refractivity contribution in [3.05, 3.63) is 29.8 Å². The number of benzene rings is 1. The lowest BCUT2D eigenvalue weighted by molar-refractivity contribution is -0.129. The van der Waals surface area contributed by atoms with Gasteiger partial charge in [0.15, 0.2) is 6.61 Å². The number of aryl methyl sites for hydroxylation is 1. The van der Waals surface area contributed by atoms with E-state index in [0.717, 1.165) is 30.6 Å². The molecule has 21 heavy (non-hydrogen) atoms. The Balaban J connectivity index is 1.85. The predicted octanol–water partition coefficient (Wildman–Crippen LogP) is 1.41. The summed E-state index contributed by atoms with van der Waals surface area (Å²) in [5, 5.41) is 5.54. The van der Waals surface area contributed by atoms with E-state index >= 15 is 0 Å². The van der Waals surface area contributed by atoms with Gasteiger partial charge < -0.3 is 15.4 Å². The molecule has 1 saturated heterocycles. The van der Waals surface area contributed by atoms with E-state index in [-0.39, 0.29) is 18.4 Å². The summed E-state index contributed by atoms with van der Waals surface area (Å²) < 4.78 is 5.55. The lowest BCUT2D eigenvalue weighted by Gasteiger charge is -2.16. The van der Waals surface area contributed by atoms with E-state index in [1.165, 1.54) is 0 Å². The molecular formula is C16H22N2O3. The van der Waals surface area contributed by atoms with Crippen LogP contribution in [0.3, 0.4) is 0 Å². The van der Waals surface area contributed by atoms with Gasteiger partial charge in [-0.1, -0.05) is 25.1 Å². The summed E-state index contributed by atoms with van der Waals surface area (Å²) in [5.74, 6) is 0.359. The molecule has 1 aromatic carbocycles. The minimum atomic E-state index is -0.440. The number of ether oxygens (including phenoxy) is 1. The van der Waals surface area contributed by atoms with Gasteiger partial charge in [0.05, 0.1) is 0 Å². The first-order chi connectivity index (χ1) is 10.2. The Hall–Kier alpha value is -2.04. The van der Waals surface area contributed by atoms with Crippen LogP contribution in [0.4, 0.5) is 0 Å². The number of carbonyl (C=O) groups excluding carboxylic acids is 2. The lowest BCUT2D eigenvalue weighted by atomic mass is 10.1. The van der Waals surface area contributed by atoms with E-state index in [9.17, 15) is 9.59 Å². The summed E-state index contributed by atoms with van der Waals surface area (Å²) in [4.78, 5) is 23.7. The molecule has 0 spiro atoms. The van der Waals surface area contributed by atoms with Crippen LogP contribution in [0.5, 0.6) is 5.75 Å². The molecule has 1 aromatic rings. The molecular weight excluding hydrogens is 268 g/mol. The van der Waals surface area contributed by atoms with E-state index in [2.05, 4.69) is 10.6 Å². The van der Waals surface area contributed by atoms with Crippen LogP contribution in [0.2, 0.25) is 0 Å². The second-order valence-corrected chi connectivity index (χ2v) is 5.16. The Bertz CT molecular complexity index is 502. The number of hydrogen-bond donors (Lipinski definition) is 2. The number of rotatable bonds is 5. The summed E-state index contributed by atoms with van der Waals surface area (Å²) in [6, 6.07) is 7.22. The van der Waals surface area contributed by atoms with Crippen LogP contribution >= 0.6 is 0 Å². The summed E-state index contributed by atoms with van der Waals surface area (Å²) in [6.07, 6.45) is 3.42. The molecule has 1 unspecified atom stereocenters. The number of hydrogen-bond acceptors (Lipinski definition) is 3. The van der Waals surface area contributed by atoms with Crippen LogP contribution in [-0.2, 0) is 16.0 Å². The normalized spacial score (nSPS) is 18.5. The molecule has 0 saturated carbocycles. The third-order valence-electron chi connectivity index (χ3n) is 3.58. The van der Waals surface area contributed by atoms with Crippen LogP contribution in [0.1, 0.15) is 31.7 Å². The second-order valence-electron chi connectivity index (χ2n) is 5.16. The number of para-hydroxylation sites is 1.